The van der Waals surface area contributed by atoms with E-state index < -0.39 is 23.6 Å². The number of esters is 1. The van der Waals surface area contributed by atoms with Crippen molar-refractivity contribution in [2.45, 2.75) is 53.2 Å². The number of rotatable bonds is 2. The molecular weight excluding hydrogens is 320 g/mol. The van der Waals surface area contributed by atoms with Gasteiger partial charge in [-0.05, 0) is 44.7 Å². The summed E-state index contributed by atoms with van der Waals surface area (Å²) in [5.41, 5.74) is 1.71. The fourth-order valence-electron chi connectivity index (χ4n) is 3.91. The van der Waals surface area contributed by atoms with E-state index in [9.17, 15) is 14.7 Å². The SMILES string of the molecule is CC=C(C)C(=O)OC1c2c(C)coc2C(=O)C2=CC(O)CC(C)C21C. The van der Waals surface area contributed by atoms with Gasteiger partial charge in [-0.2, -0.15) is 0 Å². The maximum atomic E-state index is 13.0. The number of allylic oxidation sites excluding steroid dienone is 1. The number of hydrogen-bond donors (Lipinski definition) is 1. The normalized spacial score (nSPS) is 31.9. The molecule has 3 rings (SSSR count). The summed E-state index contributed by atoms with van der Waals surface area (Å²) in [4.78, 5) is 25.4. The predicted octanol–water partition coefficient (Wildman–Crippen LogP) is 3.67. The Kier molecular flexibility index (Phi) is 4.23. The second-order valence-electron chi connectivity index (χ2n) is 7.31. The lowest BCUT2D eigenvalue weighted by molar-refractivity contribution is -0.153. The van der Waals surface area contributed by atoms with Crippen molar-refractivity contribution >= 4 is 11.8 Å². The highest BCUT2D eigenvalue weighted by molar-refractivity contribution is 6.10. The van der Waals surface area contributed by atoms with E-state index in [-0.39, 0.29) is 17.5 Å². The Morgan fingerprint density at radius 3 is 2.80 bits per heavy atom. The highest BCUT2D eigenvalue weighted by Crippen LogP contribution is 2.57. The van der Waals surface area contributed by atoms with Gasteiger partial charge in [0.15, 0.2) is 5.76 Å². The molecule has 5 heteroatoms. The smallest absolute Gasteiger partial charge is 0.334 e. The fraction of sp³-hybridized carbons (Fsp3) is 0.500. The van der Waals surface area contributed by atoms with Crippen LogP contribution in [0.4, 0.5) is 0 Å². The Balaban J connectivity index is 2.20. The monoisotopic (exact) mass is 344 g/mol. The van der Waals surface area contributed by atoms with Gasteiger partial charge in [0.05, 0.1) is 12.4 Å². The number of aryl methyl sites for hydroxylation is 1. The van der Waals surface area contributed by atoms with Crippen molar-refractivity contribution in [3.63, 3.8) is 0 Å². The van der Waals surface area contributed by atoms with Gasteiger partial charge in [0.2, 0.25) is 5.78 Å². The first kappa shape index (κ1) is 17.7. The zero-order valence-corrected chi connectivity index (χ0v) is 15.3. The number of aliphatic hydroxyl groups is 1. The molecule has 0 aliphatic heterocycles. The third-order valence-corrected chi connectivity index (χ3v) is 5.82. The van der Waals surface area contributed by atoms with E-state index in [1.54, 1.807) is 26.0 Å². The Morgan fingerprint density at radius 2 is 2.16 bits per heavy atom. The van der Waals surface area contributed by atoms with E-state index in [1.807, 2.05) is 20.8 Å². The molecule has 0 aromatic carbocycles. The van der Waals surface area contributed by atoms with E-state index >= 15 is 0 Å². The average Bonchev–Trinajstić information content (AvgIpc) is 2.95. The molecule has 5 nitrogen and oxygen atoms in total. The number of ether oxygens (including phenoxy) is 1. The van der Waals surface area contributed by atoms with Gasteiger partial charge in [-0.1, -0.05) is 19.9 Å². The summed E-state index contributed by atoms with van der Waals surface area (Å²) in [5, 5.41) is 10.1. The predicted molar refractivity (Wildman–Crippen MR) is 92.0 cm³/mol. The number of fused-ring (bicyclic) bond motifs is 2. The first-order chi connectivity index (χ1) is 11.7. The van der Waals surface area contributed by atoms with Gasteiger partial charge < -0.3 is 14.3 Å². The number of furan rings is 1. The molecule has 4 atom stereocenters. The lowest BCUT2D eigenvalue weighted by Crippen LogP contribution is -2.47. The number of ketones is 1. The van der Waals surface area contributed by atoms with Crippen LogP contribution in [-0.4, -0.2) is 23.0 Å². The average molecular weight is 344 g/mol. The standard InChI is InChI=1S/C20H24O5/c1-6-10(2)19(23)25-18-15-11(3)9-24-17(15)16(22)14-8-13(21)7-12(4)20(14,18)5/h6,8-9,12-13,18,21H,7H2,1-5H3. The Bertz CT molecular complexity index is 797. The molecule has 2 aliphatic carbocycles. The number of carbonyl (C=O) groups excluding carboxylic acids is 2. The molecule has 0 saturated carbocycles. The van der Waals surface area contributed by atoms with Crippen LogP contribution in [0.2, 0.25) is 0 Å². The summed E-state index contributed by atoms with van der Waals surface area (Å²) >= 11 is 0. The van der Waals surface area contributed by atoms with Gasteiger partial charge in [-0.3, -0.25) is 4.79 Å². The summed E-state index contributed by atoms with van der Waals surface area (Å²) < 4.78 is 11.4. The minimum absolute atomic E-state index is 0.0439. The Morgan fingerprint density at radius 1 is 1.48 bits per heavy atom. The van der Waals surface area contributed by atoms with Crippen molar-refractivity contribution in [2.24, 2.45) is 11.3 Å². The van der Waals surface area contributed by atoms with Crippen LogP contribution >= 0.6 is 0 Å². The number of hydrogen-bond acceptors (Lipinski definition) is 5. The zero-order chi connectivity index (χ0) is 18.5. The van der Waals surface area contributed by atoms with Crippen molar-refractivity contribution in [1.29, 1.82) is 0 Å². The van der Waals surface area contributed by atoms with Gasteiger partial charge in [0.1, 0.15) is 6.10 Å². The number of aliphatic hydroxyl groups excluding tert-OH is 1. The van der Waals surface area contributed by atoms with E-state index in [0.29, 0.717) is 23.1 Å². The van der Waals surface area contributed by atoms with Crippen molar-refractivity contribution < 1.29 is 23.8 Å². The van der Waals surface area contributed by atoms with Gasteiger partial charge in [-0.25, -0.2) is 4.79 Å². The van der Waals surface area contributed by atoms with Gasteiger partial charge in [0, 0.05) is 22.1 Å². The van der Waals surface area contributed by atoms with Crippen LogP contribution in [0.5, 0.6) is 0 Å². The van der Waals surface area contributed by atoms with E-state index in [0.717, 1.165) is 5.56 Å². The molecular formula is C20H24O5. The summed E-state index contributed by atoms with van der Waals surface area (Å²) in [5.74, 6) is -0.477. The van der Waals surface area contributed by atoms with Crippen LogP contribution in [0.25, 0.3) is 0 Å². The fourth-order valence-corrected chi connectivity index (χ4v) is 3.91. The van der Waals surface area contributed by atoms with Crippen LogP contribution < -0.4 is 0 Å². The number of carbonyl (C=O) groups is 2. The van der Waals surface area contributed by atoms with Crippen LogP contribution in [0, 0.1) is 18.3 Å². The summed E-state index contributed by atoms with van der Waals surface area (Å²) in [6.07, 6.45) is 4.01. The van der Waals surface area contributed by atoms with Gasteiger partial charge >= 0.3 is 5.97 Å². The molecule has 0 bridgehead atoms. The summed E-state index contributed by atoms with van der Waals surface area (Å²) in [6.45, 7) is 9.24. The molecule has 1 aromatic rings. The minimum Gasteiger partial charge on any atom is -0.460 e. The molecule has 2 aliphatic rings. The van der Waals surface area contributed by atoms with Crippen LogP contribution in [-0.2, 0) is 9.53 Å². The largest absolute Gasteiger partial charge is 0.460 e. The quantitative estimate of drug-likeness (QED) is 0.654. The number of Topliss-reactive ketones (excluding diaryl/α,β-unsaturated/α-hetero) is 1. The second kappa shape index (κ2) is 5.99. The molecule has 1 N–H and O–H groups in total. The van der Waals surface area contributed by atoms with E-state index in [4.69, 9.17) is 9.15 Å². The van der Waals surface area contributed by atoms with Crippen LogP contribution in [0.3, 0.4) is 0 Å². The van der Waals surface area contributed by atoms with Gasteiger partial charge in [0.25, 0.3) is 0 Å². The lowest BCUT2D eigenvalue weighted by Gasteiger charge is -2.48. The molecule has 0 amide bonds. The molecule has 134 valence electrons. The molecule has 0 radical (unpaired) electrons. The molecule has 1 heterocycles. The highest BCUT2D eigenvalue weighted by Gasteiger charge is 2.56. The van der Waals surface area contributed by atoms with Crippen molar-refractivity contribution in [2.75, 3.05) is 0 Å². The summed E-state index contributed by atoms with van der Waals surface area (Å²) in [7, 11) is 0. The topological polar surface area (TPSA) is 76.7 Å². The molecule has 4 unspecified atom stereocenters. The van der Waals surface area contributed by atoms with Gasteiger partial charge in [-0.15, -0.1) is 0 Å². The molecule has 0 saturated heterocycles. The summed E-state index contributed by atoms with van der Waals surface area (Å²) in [6, 6.07) is 0. The van der Waals surface area contributed by atoms with Crippen molar-refractivity contribution in [3.05, 3.63) is 46.4 Å². The molecule has 0 fully saturated rings. The second-order valence-corrected chi connectivity index (χ2v) is 7.31. The first-order valence-electron chi connectivity index (χ1n) is 8.58. The Labute approximate surface area is 147 Å². The van der Waals surface area contributed by atoms with Crippen molar-refractivity contribution in [3.8, 4) is 0 Å². The minimum atomic E-state index is -0.707. The third-order valence-electron chi connectivity index (χ3n) is 5.82. The molecule has 25 heavy (non-hydrogen) atoms. The van der Waals surface area contributed by atoms with Crippen LogP contribution in [0.1, 0.15) is 61.9 Å². The maximum absolute atomic E-state index is 13.0. The van der Waals surface area contributed by atoms with E-state index in [1.165, 1.54) is 6.26 Å². The molecule has 0 spiro atoms. The molecule has 1 aromatic heterocycles. The first-order valence-corrected chi connectivity index (χ1v) is 8.58. The van der Waals surface area contributed by atoms with Crippen molar-refractivity contribution in [1.82, 2.24) is 0 Å². The maximum Gasteiger partial charge on any atom is 0.334 e. The third kappa shape index (κ3) is 2.49. The van der Waals surface area contributed by atoms with E-state index in [2.05, 4.69) is 0 Å². The Hall–Kier alpha value is -2.14. The zero-order valence-electron chi connectivity index (χ0n) is 15.3. The lowest BCUT2D eigenvalue weighted by atomic mass is 9.58. The van der Waals surface area contributed by atoms with Crippen LogP contribution in [0.15, 0.2) is 34.0 Å². The highest BCUT2D eigenvalue weighted by atomic mass is 16.5.